The van der Waals surface area contributed by atoms with Crippen molar-refractivity contribution in [3.8, 4) is 0 Å². The van der Waals surface area contributed by atoms with E-state index in [0.29, 0.717) is 12.1 Å². The third-order valence-electron chi connectivity index (χ3n) is 3.64. The second-order valence-corrected chi connectivity index (χ2v) is 5.03. The molecular formula is C13H14F2N2O4. The molecule has 1 aromatic carbocycles. The van der Waals surface area contributed by atoms with Crippen molar-refractivity contribution >= 4 is 17.3 Å². The Bertz CT molecular complexity index is 571. The fraction of sp³-hybridized carbons (Fsp3) is 0.462. The summed E-state index contributed by atoms with van der Waals surface area (Å²) < 4.78 is 32.6. The average molecular weight is 300 g/mol. The number of methoxy groups -OCH3 is 1. The molecule has 0 aliphatic carbocycles. The summed E-state index contributed by atoms with van der Waals surface area (Å²) in [5.41, 5.74) is -0.996. The number of carbonyl (C=O) groups is 1. The van der Waals surface area contributed by atoms with Crippen molar-refractivity contribution in [2.75, 3.05) is 25.1 Å². The Morgan fingerprint density at radius 2 is 1.95 bits per heavy atom. The minimum atomic E-state index is -1.01. The summed E-state index contributed by atoms with van der Waals surface area (Å²) in [5, 5.41) is 10.6. The van der Waals surface area contributed by atoms with Gasteiger partial charge < -0.3 is 9.64 Å². The highest BCUT2D eigenvalue weighted by Gasteiger charge is 2.37. The highest BCUT2D eigenvalue weighted by Crippen LogP contribution is 2.34. The van der Waals surface area contributed by atoms with Crippen LogP contribution >= 0.6 is 0 Å². The van der Waals surface area contributed by atoms with E-state index >= 15 is 0 Å². The molecule has 8 heteroatoms. The molecule has 21 heavy (non-hydrogen) atoms. The Morgan fingerprint density at radius 1 is 1.38 bits per heavy atom. The van der Waals surface area contributed by atoms with Gasteiger partial charge in [-0.3, -0.25) is 14.9 Å². The molecule has 0 N–H and O–H groups in total. The number of halogens is 2. The van der Waals surface area contributed by atoms with Gasteiger partial charge in [0.05, 0.1) is 30.1 Å². The first-order chi connectivity index (χ1) is 9.85. The summed E-state index contributed by atoms with van der Waals surface area (Å²) in [6.45, 7) is 2.16. The standard InChI is InChI=1S/C13H14F2N2O4/c1-7-5-16(6-9(7)13(18)21-2)12-10(14)3-8(17(19)20)4-11(12)15/h3-4,7,9H,5-6H2,1-2H3. The molecule has 0 aromatic heterocycles. The number of hydrogen-bond donors (Lipinski definition) is 0. The Balaban J connectivity index is 2.32. The van der Waals surface area contributed by atoms with E-state index in [0.717, 1.165) is 0 Å². The maximum Gasteiger partial charge on any atom is 0.310 e. The number of benzene rings is 1. The van der Waals surface area contributed by atoms with E-state index in [1.807, 2.05) is 0 Å². The molecule has 2 rings (SSSR count). The van der Waals surface area contributed by atoms with Crippen molar-refractivity contribution in [2.24, 2.45) is 11.8 Å². The van der Waals surface area contributed by atoms with Crippen molar-refractivity contribution in [2.45, 2.75) is 6.92 Å². The van der Waals surface area contributed by atoms with Crippen LogP contribution in [0.1, 0.15) is 6.92 Å². The second-order valence-electron chi connectivity index (χ2n) is 5.03. The SMILES string of the molecule is COC(=O)C1CN(c2c(F)cc([N+](=O)[O-])cc2F)CC1C. The Kier molecular flexibility index (Phi) is 4.06. The lowest BCUT2D eigenvalue weighted by Gasteiger charge is -2.19. The minimum Gasteiger partial charge on any atom is -0.469 e. The fourth-order valence-corrected chi connectivity index (χ4v) is 2.57. The molecule has 1 heterocycles. The number of nitro benzene ring substituents is 1. The first kappa shape index (κ1) is 15.1. The van der Waals surface area contributed by atoms with Crippen molar-refractivity contribution in [3.05, 3.63) is 33.9 Å². The number of rotatable bonds is 3. The van der Waals surface area contributed by atoms with Crippen LogP contribution in [-0.2, 0) is 9.53 Å². The number of anilines is 1. The predicted molar refractivity (Wildman–Crippen MR) is 69.9 cm³/mol. The molecule has 0 saturated carbocycles. The van der Waals surface area contributed by atoms with Gasteiger partial charge in [0.2, 0.25) is 0 Å². The number of hydrogen-bond acceptors (Lipinski definition) is 5. The summed E-state index contributed by atoms with van der Waals surface area (Å²) in [5.74, 6) is -3.08. The van der Waals surface area contributed by atoms with Crippen LogP contribution in [0.4, 0.5) is 20.2 Å². The Hall–Kier alpha value is -2.25. The number of nitrogens with zero attached hydrogens (tertiary/aromatic N) is 2. The molecule has 1 aromatic rings. The molecule has 1 aliphatic heterocycles. The topological polar surface area (TPSA) is 72.7 Å². The van der Waals surface area contributed by atoms with Crippen LogP contribution in [0.2, 0.25) is 0 Å². The molecule has 0 amide bonds. The third kappa shape index (κ3) is 2.79. The molecule has 2 atom stereocenters. The molecule has 0 radical (unpaired) electrons. The minimum absolute atomic E-state index is 0.111. The van der Waals surface area contributed by atoms with Crippen molar-refractivity contribution in [1.82, 2.24) is 0 Å². The number of carbonyl (C=O) groups excluding carboxylic acids is 1. The second kappa shape index (κ2) is 5.63. The lowest BCUT2D eigenvalue weighted by atomic mass is 9.99. The molecule has 1 saturated heterocycles. The van der Waals surface area contributed by atoms with E-state index in [4.69, 9.17) is 0 Å². The van der Waals surface area contributed by atoms with Crippen LogP contribution in [-0.4, -0.2) is 31.1 Å². The van der Waals surface area contributed by atoms with Gasteiger partial charge in [-0.2, -0.15) is 0 Å². The first-order valence-corrected chi connectivity index (χ1v) is 6.31. The quantitative estimate of drug-likeness (QED) is 0.485. The normalized spacial score (nSPS) is 21.4. The van der Waals surface area contributed by atoms with Gasteiger partial charge in [-0.25, -0.2) is 8.78 Å². The summed E-state index contributed by atoms with van der Waals surface area (Å²) in [4.78, 5) is 22.7. The highest BCUT2D eigenvalue weighted by molar-refractivity contribution is 5.74. The van der Waals surface area contributed by atoms with Crippen molar-refractivity contribution < 1.29 is 23.2 Å². The van der Waals surface area contributed by atoms with E-state index in [1.165, 1.54) is 12.0 Å². The maximum atomic E-state index is 14.0. The van der Waals surface area contributed by atoms with Gasteiger partial charge in [-0.1, -0.05) is 6.92 Å². The van der Waals surface area contributed by atoms with Crippen LogP contribution in [0, 0.1) is 33.6 Å². The Morgan fingerprint density at radius 3 is 2.43 bits per heavy atom. The van der Waals surface area contributed by atoms with Gasteiger partial charge in [-0.05, 0) is 5.92 Å². The van der Waals surface area contributed by atoms with Crippen LogP contribution in [0.25, 0.3) is 0 Å². The van der Waals surface area contributed by atoms with Gasteiger partial charge in [0, 0.05) is 13.1 Å². The molecule has 2 unspecified atom stereocenters. The lowest BCUT2D eigenvalue weighted by molar-refractivity contribution is -0.385. The van der Waals surface area contributed by atoms with E-state index in [2.05, 4.69) is 4.74 Å². The van der Waals surface area contributed by atoms with Crippen molar-refractivity contribution in [3.63, 3.8) is 0 Å². The van der Waals surface area contributed by atoms with Crippen LogP contribution in [0.5, 0.6) is 0 Å². The first-order valence-electron chi connectivity index (χ1n) is 6.31. The van der Waals surface area contributed by atoms with Gasteiger partial charge in [0.1, 0.15) is 5.69 Å². The van der Waals surface area contributed by atoms with Crippen LogP contribution in [0.3, 0.4) is 0 Å². The van der Waals surface area contributed by atoms with Crippen LogP contribution < -0.4 is 4.90 Å². The van der Waals surface area contributed by atoms with Crippen molar-refractivity contribution in [1.29, 1.82) is 0 Å². The number of ether oxygens (including phenoxy) is 1. The maximum absolute atomic E-state index is 14.0. The molecule has 1 fully saturated rings. The van der Waals surface area contributed by atoms with Gasteiger partial charge >= 0.3 is 5.97 Å². The third-order valence-corrected chi connectivity index (χ3v) is 3.64. The molecule has 0 spiro atoms. The molecule has 1 aliphatic rings. The van der Waals surface area contributed by atoms with E-state index in [-0.39, 0.29) is 24.7 Å². The highest BCUT2D eigenvalue weighted by atomic mass is 19.1. The van der Waals surface area contributed by atoms with Gasteiger partial charge in [0.15, 0.2) is 11.6 Å². The number of non-ortho nitro benzene ring substituents is 1. The van der Waals surface area contributed by atoms with E-state index < -0.39 is 34.1 Å². The van der Waals surface area contributed by atoms with E-state index in [1.54, 1.807) is 6.92 Å². The predicted octanol–water partition coefficient (Wildman–Crippen LogP) is 2.12. The molecular weight excluding hydrogens is 286 g/mol. The van der Waals surface area contributed by atoms with Gasteiger partial charge in [0.25, 0.3) is 5.69 Å². The zero-order valence-corrected chi connectivity index (χ0v) is 11.5. The number of esters is 1. The summed E-state index contributed by atoms with van der Waals surface area (Å²) in [6.07, 6.45) is 0. The van der Waals surface area contributed by atoms with Crippen LogP contribution in [0.15, 0.2) is 12.1 Å². The molecule has 114 valence electrons. The summed E-state index contributed by atoms with van der Waals surface area (Å²) >= 11 is 0. The summed E-state index contributed by atoms with van der Waals surface area (Å²) in [6, 6.07) is 1.35. The smallest absolute Gasteiger partial charge is 0.310 e. The largest absolute Gasteiger partial charge is 0.469 e. The number of nitro groups is 1. The molecule has 6 nitrogen and oxygen atoms in total. The fourth-order valence-electron chi connectivity index (χ4n) is 2.57. The van der Waals surface area contributed by atoms with Gasteiger partial charge in [-0.15, -0.1) is 0 Å². The molecule has 0 bridgehead atoms. The lowest BCUT2D eigenvalue weighted by Crippen LogP contribution is -2.25. The summed E-state index contributed by atoms with van der Waals surface area (Å²) in [7, 11) is 1.25. The zero-order chi connectivity index (χ0) is 15.7. The van der Waals surface area contributed by atoms with E-state index in [9.17, 15) is 23.7 Å². The monoisotopic (exact) mass is 300 g/mol. The Labute approximate surface area is 119 Å². The average Bonchev–Trinajstić information content (AvgIpc) is 2.78. The zero-order valence-electron chi connectivity index (χ0n) is 11.5.